The number of aryl methyl sites for hydroxylation is 2. The molecule has 0 unspecified atom stereocenters. The first kappa shape index (κ1) is 24.9. The van der Waals surface area contributed by atoms with Gasteiger partial charge in [-0.2, -0.15) is 0 Å². The Bertz CT molecular complexity index is 1580. The second-order valence-corrected chi connectivity index (χ2v) is 8.79. The third-order valence-electron chi connectivity index (χ3n) is 6.17. The number of benzene rings is 2. The number of para-hydroxylation sites is 1. The highest BCUT2D eigenvalue weighted by Gasteiger charge is 2.14. The van der Waals surface area contributed by atoms with E-state index in [1.807, 2.05) is 31.4 Å². The Kier molecular flexibility index (Phi) is 7.25. The summed E-state index contributed by atoms with van der Waals surface area (Å²) in [6, 6.07) is 14.6. The molecule has 3 heterocycles. The fraction of sp³-hybridized carbons (Fsp3) is 0.222. The number of hydrogen-bond acceptors (Lipinski definition) is 7. The zero-order valence-electron chi connectivity index (χ0n) is 20.7. The van der Waals surface area contributed by atoms with Crippen molar-refractivity contribution in [3.8, 4) is 17.0 Å². The van der Waals surface area contributed by atoms with E-state index >= 15 is 0 Å². The van der Waals surface area contributed by atoms with E-state index in [1.54, 1.807) is 24.5 Å². The van der Waals surface area contributed by atoms with Crippen LogP contribution in [0.4, 0.5) is 22.0 Å². The standard InChI is InChI=1S/C27H26FN7O3/c1-33-18-21(20-7-3-4-8-24(20)33)23-11-12-29-26(32-23)31-19-9-10-25(22(28)17-19)38-16-6-2-5-14-34-15-13-30-27(34)35(36)37/h3-4,7-13,15,17-18H,2,5-6,14,16H2,1H3,(H,29,31,32). The topological polar surface area (TPSA) is 113 Å². The Morgan fingerprint density at radius 2 is 1.95 bits per heavy atom. The smallest absolute Gasteiger partial charge is 0.434 e. The Balaban J connectivity index is 1.15. The molecule has 194 valence electrons. The van der Waals surface area contributed by atoms with E-state index in [9.17, 15) is 14.5 Å². The number of nitro groups is 1. The molecule has 0 saturated carbocycles. The molecule has 0 aliphatic heterocycles. The van der Waals surface area contributed by atoms with E-state index in [4.69, 9.17) is 4.74 Å². The summed E-state index contributed by atoms with van der Waals surface area (Å²) in [6.07, 6.45) is 8.90. The van der Waals surface area contributed by atoms with Gasteiger partial charge >= 0.3 is 5.95 Å². The summed E-state index contributed by atoms with van der Waals surface area (Å²) in [7, 11) is 1.99. The van der Waals surface area contributed by atoms with Crippen molar-refractivity contribution in [3.63, 3.8) is 0 Å². The van der Waals surface area contributed by atoms with Crippen LogP contribution in [-0.2, 0) is 13.6 Å². The molecule has 0 radical (unpaired) electrons. The maximum atomic E-state index is 14.7. The van der Waals surface area contributed by atoms with Gasteiger partial charge in [0.25, 0.3) is 0 Å². The van der Waals surface area contributed by atoms with E-state index in [1.165, 1.54) is 16.8 Å². The molecule has 11 heteroatoms. The number of aromatic nitrogens is 5. The molecule has 0 aliphatic carbocycles. The van der Waals surface area contributed by atoms with Crippen LogP contribution in [0.15, 0.2) is 73.3 Å². The van der Waals surface area contributed by atoms with Gasteiger partial charge in [-0.05, 0) is 48.5 Å². The molecule has 0 atom stereocenters. The van der Waals surface area contributed by atoms with Crippen LogP contribution in [0, 0.1) is 15.9 Å². The van der Waals surface area contributed by atoms with Gasteiger partial charge in [-0.3, -0.25) is 0 Å². The van der Waals surface area contributed by atoms with E-state index < -0.39 is 10.7 Å². The van der Waals surface area contributed by atoms with E-state index in [2.05, 4.69) is 37.0 Å². The molecular formula is C27H26FN7O3. The summed E-state index contributed by atoms with van der Waals surface area (Å²) in [6.45, 7) is 0.834. The van der Waals surface area contributed by atoms with Crippen molar-refractivity contribution in [2.24, 2.45) is 7.05 Å². The molecule has 0 aliphatic rings. The van der Waals surface area contributed by atoms with Crippen molar-refractivity contribution in [2.45, 2.75) is 25.8 Å². The van der Waals surface area contributed by atoms with E-state index in [0.717, 1.165) is 35.0 Å². The van der Waals surface area contributed by atoms with Crippen LogP contribution < -0.4 is 10.1 Å². The summed E-state index contributed by atoms with van der Waals surface area (Å²) >= 11 is 0. The van der Waals surface area contributed by atoms with Gasteiger partial charge in [0, 0.05) is 47.7 Å². The number of fused-ring (bicyclic) bond motifs is 1. The molecule has 0 bridgehead atoms. The van der Waals surface area contributed by atoms with Gasteiger partial charge in [0.15, 0.2) is 11.6 Å². The van der Waals surface area contributed by atoms with Crippen LogP contribution in [-0.4, -0.2) is 35.6 Å². The molecule has 0 amide bonds. The number of halogens is 1. The fourth-order valence-corrected chi connectivity index (χ4v) is 4.33. The first-order chi connectivity index (χ1) is 18.5. The second kappa shape index (κ2) is 11.1. The summed E-state index contributed by atoms with van der Waals surface area (Å²) in [5, 5.41) is 15.1. The number of ether oxygens (including phenoxy) is 1. The van der Waals surface area contributed by atoms with E-state index in [0.29, 0.717) is 31.2 Å². The van der Waals surface area contributed by atoms with Crippen LogP contribution in [0.3, 0.4) is 0 Å². The number of rotatable bonds is 11. The number of imidazole rings is 1. The lowest BCUT2D eigenvalue weighted by molar-refractivity contribution is -0.396. The molecule has 3 aromatic heterocycles. The fourth-order valence-electron chi connectivity index (χ4n) is 4.33. The third-order valence-corrected chi connectivity index (χ3v) is 6.17. The summed E-state index contributed by atoms with van der Waals surface area (Å²) in [5.41, 5.74) is 3.37. The lowest BCUT2D eigenvalue weighted by Gasteiger charge is -2.10. The minimum Gasteiger partial charge on any atom is -0.491 e. The SMILES string of the molecule is Cn1cc(-c2ccnc(Nc3ccc(OCCCCCn4ccnc4[N+](=O)[O-])c(F)c3)n2)c2ccccc21. The van der Waals surface area contributed by atoms with E-state index in [-0.39, 0.29) is 11.7 Å². The highest BCUT2D eigenvalue weighted by molar-refractivity contribution is 5.95. The van der Waals surface area contributed by atoms with Crippen LogP contribution in [0.1, 0.15) is 19.3 Å². The highest BCUT2D eigenvalue weighted by Crippen LogP contribution is 2.30. The monoisotopic (exact) mass is 515 g/mol. The first-order valence-electron chi connectivity index (χ1n) is 12.2. The highest BCUT2D eigenvalue weighted by atomic mass is 19.1. The average Bonchev–Trinajstić information content (AvgIpc) is 3.52. The maximum Gasteiger partial charge on any atom is 0.434 e. The largest absolute Gasteiger partial charge is 0.491 e. The minimum atomic E-state index is -0.502. The van der Waals surface area contributed by atoms with Gasteiger partial charge in [-0.25, -0.2) is 18.9 Å². The zero-order chi connectivity index (χ0) is 26.5. The van der Waals surface area contributed by atoms with Crippen molar-refractivity contribution in [1.29, 1.82) is 0 Å². The molecule has 2 aromatic carbocycles. The van der Waals surface area contributed by atoms with Gasteiger partial charge in [0.05, 0.1) is 18.8 Å². The number of nitrogens with zero attached hydrogens (tertiary/aromatic N) is 6. The van der Waals surface area contributed by atoms with Gasteiger partial charge in [0.2, 0.25) is 5.95 Å². The molecule has 1 N–H and O–H groups in total. The average molecular weight is 516 g/mol. The molecule has 0 fully saturated rings. The van der Waals surface area contributed by atoms with Crippen LogP contribution in [0.5, 0.6) is 5.75 Å². The first-order valence-corrected chi connectivity index (χ1v) is 12.2. The Morgan fingerprint density at radius 3 is 2.79 bits per heavy atom. The Labute approximate surface area is 217 Å². The number of anilines is 2. The normalized spacial score (nSPS) is 11.1. The second-order valence-electron chi connectivity index (χ2n) is 8.79. The van der Waals surface area contributed by atoms with Gasteiger partial charge in [-0.15, -0.1) is 0 Å². The van der Waals surface area contributed by atoms with Gasteiger partial charge in [0.1, 0.15) is 12.4 Å². The molecule has 5 rings (SSSR count). The number of unbranched alkanes of at least 4 members (excludes halogenated alkanes) is 2. The molecule has 0 saturated heterocycles. The molecule has 0 spiro atoms. The minimum absolute atomic E-state index is 0.159. The van der Waals surface area contributed by atoms with Gasteiger partial charge in [-0.1, -0.05) is 23.2 Å². The summed E-state index contributed by atoms with van der Waals surface area (Å²) < 4.78 is 23.8. The third kappa shape index (κ3) is 5.46. The molecular weight excluding hydrogens is 489 g/mol. The molecule has 5 aromatic rings. The Morgan fingerprint density at radius 1 is 1.08 bits per heavy atom. The molecule has 10 nitrogen and oxygen atoms in total. The van der Waals surface area contributed by atoms with Crippen LogP contribution >= 0.6 is 0 Å². The molecule has 38 heavy (non-hydrogen) atoms. The van der Waals surface area contributed by atoms with Crippen molar-refractivity contribution >= 4 is 28.5 Å². The predicted molar refractivity (Wildman–Crippen MR) is 142 cm³/mol. The van der Waals surface area contributed by atoms with Gasteiger partial charge < -0.3 is 24.7 Å². The van der Waals surface area contributed by atoms with Crippen LogP contribution in [0.2, 0.25) is 0 Å². The van der Waals surface area contributed by atoms with Crippen molar-refractivity contribution in [3.05, 3.63) is 89.2 Å². The lowest BCUT2D eigenvalue weighted by Crippen LogP contribution is -2.04. The maximum absolute atomic E-state index is 14.7. The zero-order valence-corrected chi connectivity index (χ0v) is 20.7. The van der Waals surface area contributed by atoms with Crippen molar-refractivity contribution in [2.75, 3.05) is 11.9 Å². The van der Waals surface area contributed by atoms with Crippen molar-refractivity contribution < 1.29 is 14.1 Å². The lowest BCUT2D eigenvalue weighted by atomic mass is 10.1. The Hall–Kier alpha value is -4.80. The summed E-state index contributed by atoms with van der Waals surface area (Å²) in [4.78, 5) is 23.0. The van der Waals surface area contributed by atoms with Crippen molar-refractivity contribution in [1.82, 2.24) is 24.1 Å². The summed E-state index contributed by atoms with van der Waals surface area (Å²) in [5.74, 6) is -0.134. The number of hydrogen-bond donors (Lipinski definition) is 1. The van der Waals surface area contributed by atoms with Crippen LogP contribution in [0.25, 0.3) is 22.2 Å². The number of nitrogens with one attached hydrogen (secondary N) is 1. The predicted octanol–water partition coefficient (Wildman–Crippen LogP) is 5.87. The quantitative estimate of drug-likeness (QED) is 0.133.